The zero-order chi connectivity index (χ0) is 19.6. The highest BCUT2D eigenvalue weighted by Gasteiger charge is 2.33. The first-order valence-corrected chi connectivity index (χ1v) is 9.01. The van der Waals surface area contributed by atoms with Gasteiger partial charge in [-0.3, -0.25) is 4.79 Å². The summed E-state index contributed by atoms with van der Waals surface area (Å²) in [7, 11) is 1.66. The normalized spacial score (nSPS) is 12.8. The van der Waals surface area contributed by atoms with Crippen LogP contribution >= 0.6 is 11.3 Å². The van der Waals surface area contributed by atoms with Crippen molar-refractivity contribution in [2.75, 3.05) is 7.05 Å². The molecule has 0 aliphatic rings. The van der Waals surface area contributed by atoms with Crippen molar-refractivity contribution in [1.29, 1.82) is 0 Å². The number of rotatable bonds is 5. The number of amides is 1. The van der Waals surface area contributed by atoms with Crippen molar-refractivity contribution in [2.24, 2.45) is 0 Å². The zero-order valence-corrected chi connectivity index (χ0v) is 15.5. The third kappa shape index (κ3) is 4.19. The summed E-state index contributed by atoms with van der Waals surface area (Å²) in [6.07, 6.45) is -3.08. The summed E-state index contributed by atoms with van der Waals surface area (Å²) < 4.78 is 40.6. The summed E-state index contributed by atoms with van der Waals surface area (Å²) in [4.78, 5) is 15.2. The van der Waals surface area contributed by atoms with E-state index >= 15 is 0 Å². The van der Waals surface area contributed by atoms with E-state index in [2.05, 4.69) is 10.3 Å². The van der Waals surface area contributed by atoms with Crippen LogP contribution in [0.2, 0.25) is 0 Å². The minimum Gasteiger partial charge on any atom is -0.333 e. The Balaban J connectivity index is 1.77. The lowest BCUT2D eigenvalue weighted by Crippen LogP contribution is -2.29. The summed E-state index contributed by atoms with van der Waals surface area (Å²) in [5, 5.41) is 9.58. The molecule has 3 aromatic rings. The minimum absolute atomic E-state index is 0.0641. The fraction of sp³-hybridized carbons (Fsp3) is 0.278. The second-order valence-corrected chi connectivity index (χ2v) is 7.04. The maximum absolute atomic E-state index is 13.1. The van der Waals surface area contributed by atoms with E-state index in [1.54, 1.807) is 18.4 Å². The first kappa shape index (κ1) is 19.1. The monoisotopic (exact) mass is 394 g/mol. The predicted molar refractivity (Wildman–Crippen MR) is 95.4 cm³/mol. The number of thiophene rings is 1. The van der Waals surface area contributed by atoms with E-state index in [1.165, 1.54) is 34.0 Å². The third-order valence-corrected chi connectivity index (χ3v) is 5.31. The van der Waals surface area contributed by atoms with Crippen LogP contribution in [0.5, 0.6) is 0 Å². The van der Waals surface area contributed by atoms with Gasteiger partial charge in [0.25, 0.3) is 5.91 Å². The maximum atomic E-state index is 13.1. The van der Waals surface area contributed by atoms with E-state index in [0.717, 1.165) is 10.9 Å². The molecular formula is C18H17F3N4OS. The lowest BCUT2D eigenvalue weighted by molar-refractivity contribution is -0.138. The number of hydrogen-bond acceptors (Lipinski definition) is 4. The van der Waals surface area contributed by atoms with E-state index in [9.17, 15) is 18.0 Å². The largest absolute Gasteiger partial charge is 0.416 e. The molecule has 0 aliphatic heterocycles. The fourth-order valence-electron chi connectivity index (χ4n) is 2.66. The van der Waals surface area contributed by atoms with Crippen molar-refractivity contribution < 1.29 is 18.0 Å². The third-order valence-electron chi connectivity index (χ3n) is 4.27. The Bertz CT molecular complexity index is 921. The molecule has 0 N–H and O–H groups in total. The Morgan fingerprint density at radius 2 is 2.00 bits per heavy atom. The first-order chi connectivity index (χ1) is 12.8. The molecule has 27 heavy (non-hydrogen) atoms. The Labute approximate surface area is 158 Å². The van der Waals surface area contributed by atoms with E-state index < -0.39 is 11.7 Å². The van der Waals surface area contributed by atoms with E-state index in [4.69, 9.17) is 0 Å². The van der Waals surface area contributed by atoms with Gasteiger partial charge in [-0.15, -0.1) is 16.4 Å². The van der Waals surface area contributed by atoms with Gasteiger partial charge in [-0.25, -0.2) is 4.68 Å². The molecule has 0 unspecified atom stereocenters. The molecule has 3 rings (SSSR count). The van der Waals surface area contributed by atoms with E-state index in [1.807, 2.05) is 24.4 Å². The molecule has 2 aromatic heterocycles. The summed E-state index contributed by atoms with van der Waals surface area (Å²) in [6.45, 7) is 1.77. The van der Waals surface area contributed by atoms with Crippen LogP contribution in [-0.4, -0.2) is 32.8 Å². The van der Waals surface area contributed by atoms with Crippen LogP contribution in [0.25, 0.3) is 0 Å². The number of alkyl halides is 3. The molecule has 1 aromatic carbocycles. The van der Waals surface area contributed by atoms with Crippen LogP contribution in [-0.2, 0) is 12.7 Å². The fourth-order valence-corrected chi connectivity index (χ4v) is 3.49. The van der Waals surface area contributed by atoms with Crippen LogP contribution < -0.4 is 0 Å². The van der Waals surface area contributed by atoms with Gasteiger partial charge >= 0.3 is 6.18 Å². The van der Waals surface area contributed by atoms with Crippen molar-refractivity contribution >= 4 is 17.2 Å². The molecule has 0 fully saturated rings. The molecule has 2 heterocycles. The van der Waals surface area contributed by atoms with Gasteiger partial charge in [0.2, 0.25) is 0 Å². The summed E-state index contributed by atoms with van der Waals surface area (Å²) in [6, 6.07) is 8.97. The van der Waals surface area contributed by atoms with Crippen molar-refractivity contribution in [2.45, 2.75) is 25.7 Å². The highest BCUT2D eigenvalue weighted by Crippen LogP contribution is 2.32. The standard InChI is InChI=1S/C18H17F3N4OS/c1-12(16-8-5-9-27-16)24(2)17(26)15-11-25(23-22-15)10-13-6-3-4-7-14(13)18(19,20)21/h3-9,11-12H,10H2,1-2H3/t12-/m0/s1. The van der Waals surface area contributed by atoms with Crippen molar-refractivity contribution in [3.63, 3.8) is 0 Å². The topological polar surface area (TPSA) is 51.0 Å². The quantitative estimate of drug-likeness (QED) is 0.650. The van der Waals surface area contributed by atoms with Gasteiger partial charge in [0.1, 0.15) is 0 Å². The highest BCUT2D eigenvalue weighted by molar-refractivity contribution is 7.10. The molecule has 0 saturated heterocycles. The van der Waals surface area contributed by atoms with Gasteiger partial charge in [0.15, 0.2) is 5.69 Å². The number of carbonyl (C=O) groups is 1. The molecule has 1 amide bonds. The summed E-state index contributed by atoms with van der Waals surface area (Å²) in [5.74, 6) is -0.341. The molecule has 142 valence electrons. The predicted octanol–water partition coefficient (Wildman–Crippen LogP) is 4.24. The Morgan fingerprint density at radius 1 is 1.26 bits per heavy atom. The van der Waals surface area contributed by atoms with Crippen molar-refractivity contribution in [3.8, 4) is 0 Å². The minimum atomic E-state index is -4.45. The maximum Gasteiger partial charge on any atom is 0.416 e. The van der Waals surface area contributed by atoms with Crippen molar-refractivity contribution in [3.05, 3.63) is 69.7 Å². The van der Waals surface area contributed by atoms with Crippen LogP contribution in [0, 0.1) is 0 Å². The molecule has 0 bridgehead atoms. The van der Waals surface area contributed by atoms with Gasteiger partial charge in [-0.05, 0) is 30.0 Å². The van der Waals surface area contributed by atoms with Crippen molar-refractivity contribution in [1.82, 2.24) is 19.9 Å². The first-order valence-electron chi connectivity index (χ1n) is 8.13. The second-order valence-electron chi connectivity index (χ2n) is 6.06. The van der Waals surface area contributed by atoms with Crippen LogP contribution in [0.4, 0.5) is 13.2 Å². The Morgan fingerprint density at radius 3 is 2.67 bits per heavy atom. The number of nitrogens with zero attached hydrogens (tertiary/aromatic N) is 4. The molecule has 0 radical (unpaired) electrons. The second kappa shape index (κ2) is 7.51. The summed E-state index contributed by atoms with van der Waals surface area (Å²) in [5.41, 5.74) is -0.573. The van der Waals surface area contributed by atoms with Crippen LogP contribution in [0.1, 0.15) is 39.5 Å². The molecular weight excluding hydrogens is 377 g/mol. The van der Waals surface area contributed by atoms with Crippen LogP contribution in [0.3, 0.4) is 0 Å². The van der Waals surface area contributed by atoms with E-state index in [0.29, 0.717) is 0 Å². The van der Waals surface area contributed by atoms with Gasteiger partial charge in [0.05, 0.1) is 24.3 Å². The molecule has 0 aliphatic carbocycles. The number of hydrogen-bond donors (Lipinski definition) is 0. The highest BCUT2D eigenvalue weighted by atomic mass is 32.1. The molecule has 1 atom stereocenters. The average Bonchev–Trinajstić information content (AvgIpc) is 3.31. The van der Waals surface area contributed by atoms with Gasteiger partial charge in [0, 0.05) is 11.9 Å². The molecule has 0 saturated carbocycles. The molecule has 9 heteroatoms. The van der Waals surface area contributed by atoms with Gasteiger partial charge in [-0.2, -0.15) is 13.2 Å². The average molecular weight is 394 g/mol. The number of carbonyl (C=O) groups excluding carboxylic acids is 1. The van der Waals surface area contributed by atoms with E-state index in [-0.39, 0.29) is 29.8 Å². The smallest absolute Gasteiger partial charge is 0.333 e. The number of aromatic nitrogens is 3. The Hall–Kier alpha value is -2.68. The lowest BCUT2D eigenvalue weighted by Gasteiger charge is -2.22. The molecule has 0 spiro atoms. The van der Waals surface area contributed by atoms with Gasteiger partial charge in [-0.1, -0.05) is 29.5 Å². The number of benzene rings is 1. The SMILES string of the molecule is C[C@@H](c1cccs1)N(C)C(=O)c1cn(Cc2ccccc2C(F)(F)F)nn1. The Kier molecular flexibility index (Phi) is 5.31. The van der Waals surface area contributed by atoms with Crippen LogP contribution in [0.15, 0.2) is 48.0 Å². The molecule has 5 nitrogen and oxygen atoms in total. The van der Waals surface area contributed by atoms with Gasteiger partial charge < -0.3 is 4.90 Å². The summed E-state index contributed by atoms with van der Waals surface area (Å²) >= 11 is 1.54. The zero-order valence-electron chi connectivity index (χ0n) is 14.6. The lowest BCUT2D eigenvalue weighted by atomic mass is 10.1. The number of halogens is 3.